The molecule has 6 nitrogen and oxygen atoms in total. The topological polar surface area (TPSA) is 73.8 Å². The fourth-order valence-electron chi connectivity index (χ4n) is 6.54. The predicted molar refractivity (Wildman–Crippen MR) is 199 cm³/mol. The van der Waals surface area contributed by atoms with Crippen LogP contribution in [-0.2, 0) is 10.1 Å². The molecular weight excluding hydrogens is 637 g/mol. The molecule has 0 unspecified atom stereocenters. The zero-order valence-electron chi connectivity index (χ0n) is 27.8. The minimum Gasteiger partial charge on any atom is -0.456 e. The molecule has 0 amide bonds. The van der Waals surface area contributed by atoms with Gasteiger partial charge in [-0.1, -0.05) is 54.6 Å². The Morgan fingerprint density at radius 2 is 1.50 bits per heavy atom. The molecule has 2 aliphatic rings. The smallest absolute Gasteiger partial charge is 0.295 e. The van der Waals surface area contributed by atoms with Gasteiger partial charge in [0.15, 0.2) is 0 Å². The monoisotopic (exact) mass is 677 g/mol. The van der Waals surface area contributed by atoms with Gasteiger partial charge in [0.2, 0.25) is 5.36 Å². The molecule has 0 atom stereocenters. The number of hydrogen-bond acceptors (Lipinski definition) is 5. The molecule has 0 spiro atoms. The van der Waals surface area contributed by atoms with Gasteiger partial charge in [0.1, 0.15) is 29.3 Å². The van der Waals surface area contributed by atoms with E-state index in [1.165, 1.54) is 27.8 Å². The van der Waals surface area contributed by atoms with Gasteiger partial charge in [-0.05, 0) is 87.4 Å². The summed E-state index contributed by atoms with van der Waals surface area (Å²) in [6.45, 7) is 11.0. The number of aryl methyl sites for hydroxylation is 2. The van der Waals surface area contributed by atoms with Crippen LogP contribution in [0.1, 0.15) is 31.4 Å². The fourth-order valence-corrected chi connectivity index (χ4v) is 8.10. The molecule has 1 aliphatic carbocycles. The molecular formula is C40H41N2O4S2+. The molecule has 48 heavy (non-hydrogen) atoms. The van der Waals surface area contributed by atoms with Gasteiger partial charge < -0.3 is 9.32 Å². The van der Waals surface area contributed by atoms with Crippen LogP contribution < -0.4 is 14.8 Å². The van der Waals surface area contributed by atoms with Crippen LogP contribution in [0.25, 0.3) is 33.4 Å². The van der Waals surface area contributed by atoms with Crippen LogP contribution in [0.4, 0.5) is 11.4 Å². The lowest BCUT2D eigenvalue weighted by molar-refractivity contribution is 0.483. The van der Waals surface area contributed by atoms with E-state index in [1.807, 2.05) is 42.1 Å². The van der Waals surface area contributed by atoms with Gasteiger partial charge >= 0.3 is 0 Å². The Hall–Kier alpha value is -4.37. The maximum Gasteiger partial charge on any atom is 0.295 e. The van der Waals surface area contributed by atoms with Crippen molar-refractivity contribution in [3.63, 3.8) is 0 Å². The molecule has 1 N–H and O–H groups in total. The highest BCUT2D eigenvalue weighted by Gasteiger charge is 2.25. The SMILES string of the molecule is CC[N+](CC)=c1ccc2c(-c3ccccc3S(=O)(=O)O)c3ccc(N(CCCSc4ccccc4)c4c(C)cccc4C)cc3oc-2c1. The Labute approximate surface area is 287 Å². The van der Waals surface area contributed by atoms with Crippen molar-refractivity contribution in [3.8, 4) is 22.5 Å². The summed E-state index contributed by atoms with van der Waals surface area (Å²) in [5.74, 6) is 1.61. The van der Waals surface area contributed by atoms with Crippen LogP contribution in [0.15, 0.2) is 123 Å². The largest absolute Gasteiger partial charge is 0.456 e. The van der Waals surface area contributed by atoms with Gasteiger partial charge in [0, 0.05) is 57.0 Å². The molecule has 0 fully saturated rings. The second kappa shape index (κ2) is 14.4. The van der Waals surface area contributed by atoms with E-state index < -0.39 is 10.1 Å². The number of fused-ring (bicyclic) bond motifs is 2. The van der Waals surface area contributed by atoms with Crippen molar-refractivity contribution in [3.05, 3.63) is 126 Å². The summed E-state index contributed by atoms with van der Waals surface area (Å²) in [6, 6.07) is 35.7. The summed E-state index contributed by atoms with van der Waals surface area (Å²) in [5, 5.41) is 1.79. The summed E-state index contributed by atoms with van der Waals surface area (Å²) in [4.78, 5) is 3.49. The summed E-state index contributed by atoms with van der Waals surface area (Å²) in [5.41, 5.74) is 7.07. The maximum absolute atomic E-state index is 12.6. The number of rotatable bonds is 11. The average molecular weight is 678 g/mol. The molecule has 1 heterocycles. The maximum atomic E-state index is 12.6. The van der Waals surface area contributed by atoms with Crippen molar-refractivity contribution in [1.29, 1.82) is 0 Å². The lowest BCUT2D eigenvalue weighted by atomic mass is 9.93. The highest BCUT2D eigenvalue weighted by molar-refractivity contribution is 7.99. The van der Waals surface area contributed by atoms with Gasteiger partial charge in [-0.3, -0.25) is 4.55 Å². The molecule has 8 heteroatoms. The quantitative estimate of drug-likeness (QED) is 0.0485. The first-order valence-electron chi connectivity index (χ1n) is 16.4. The molecule has 0 saturated carbocycles. The first-order valence-corrected chi connectivity index (χ1v) is 18.8. The molecule has 0 aromatic heterocycles. The summed E-state index contributed by atoms with van der Waals surface area (Å²) >= 11 is 1.86. The van der Waals surface area contributed by atoms with E-state index in [0.717, 1.165) is 53.8 Å². The molecule has 246 valence electrons. The molecule has 0 saturated heterocycles. The molecule has 6 rings (SSSR count). The van der Waals surface area contributed by atoms with Crippen molar-refractivity contribution in [2.75, 3.05) is 30.3 Å². The number of hydrogen-bond donors (Lipinski definition) is 1. The third kappa shape index (κ3) is 6.92. The van der Waals surface area contributed by atoms with Gasteiger partial charge in [0.25, 0.3) is 10.1 Å². The van der Waals surface area contributed by atoms with Crippen LogP contribution >= 0.6 is 11.8 Å². The number of benzene rings is 5. The number of thioether (sulfide) groups is 1. The normalized spacial score (nSPS) is 11.7. The van der Waals surface area contributed by atoms with Gasteiger partial charge in [-0.25, -0.2) is 4.58 Å². The first kappa shape index (κ1) is 33.5. The molecule has 0 bridgehead atoms. The van der Waals surface area contributed by atoms with Crippen molar-refractivity contribution in [2.45, 2.75) is 43.9 Å². The summed E-state index contributed by atoms with van der Waals surface area (Å²) < 4.78 is 44.5. The first-order chi connectivity index (χ1) is 23.2. The van der Waals surface area contributed by atoms with Gasteiger partial charge in [-0.15, -0.1) is 11.8 Å². The van der Waals surface area contributed by atoms with Crippen LogP contribution in [-0.4, -0.2) is 38.4 Å². The van der Waals surface area contributed by atoms with Crippen molar-refractivity contribution in [1.82, 2.24) is 4.58 Å². The van der Waals surface area contributed by atoms with Crippen LogP contribution in [0.3, 0.4) is 0 Å². The highest BCUT2D eigenvalue weighted by Crippen LogP contribution is 2.44. The number of anilines is 2. The standard InChI is InChI=1S/C40H40N2O4S2/c1-5-41(6-2)30-20-22-33-36(26-30)46-37-27-31(21-23-34(37)39(33)35-18-10-11-19-38(35)48(43,44)45)42(40-28(3)14-12-15-29(40)4)24-13-25-47-32-16-8-7-9-17-32/h7-12,14-23,26-27H,5-6,13,24-25H2,1-4H3/p+1. The fraction of sp³-hybridized carbons (Fsp3) is 0.225. The second-order valence-electron chi connectivity index (χ2n) is 11.9. The van der Waals surface area contributed by atoms with E-state index in [-0.39, 0.29) is 4.90 Å². The van der Waals surface area contributed by atoms with Crippen LogP contribution in [0, 0.1) is 13.8 Å². The third-order valence-corrected chi connectivity index (χ3v) is 10.8. The van der Waals surface area contributed by atoms with E-state index in [2.05, 4.69) is 91.8 Å². The van der Waals surface area contributed by atoms with E-state index in [1.54, 1.807) is 18.2 Å². The Morgan fingerprint density at radius 1 is 0.792 bits per heavy atom. The Morgan fingerprint density at radius 3 is 2.21 bits per heavy atom. The zero-order valence-corrected chi connectivity index (χ0v) is 29.4. The van der Waals surface area contributed by atoms with E-state index in [9.17, 15) is 13.0 Å². The van der Waals surface area contributed by atoms with Gasteiger partial charge in [0.05, 0.1) is 6.07 Å². The number of nitrogens with zero attached hydrogens (tertiary/aromatic N) is 2. The summed E-state index contributed by atoms with van der Waals surface area (Å²) in [7, 11) is -4.50. The Bertz CT molecular complexity index is 2200. The van der Waals surface area contributed by atoms with E-state index in [0.29, 0.717) is 22.5 Å². The summed E-state index contributed by atoms with van der Waals surface area (Å²) in [6.07, 6.45) is 0.959. The Kier molecular flexibility index (Phi) is 10.1. The predicted octanol–water partition coefficient (Wildman–Crippen LogP) is 9.20. The Balaban J connectivity index is 1.55. The molecule has 4 aromatic carbocycles. The van der Waals surface area contributed by atoms with Crippen LogP contribution in [0.2, 0.25) is 0 Å². The van der Waals surface area contributed by atoms with E-state index in [4.69, 9.17) is 4.42 Å². The highest BCUT2D eigenvalue weighted by atomic mass is 32.2. The average Bonchev–Trinajstić information content (AvgIpc) is 3.08. The molecule has 0 radical (unpaired) electrons. The minimum absolute atomic E-state index is 0.135. The third-order valence-electron chi connectivity index (χ3n) is 8.81. The van der Waals surface area contributed by atoms with Gasteiger partial charge in [-0.2, -0.15) is 8.42 Å². The van der Waals surface area contributed by atoms with Crippen molar-refractivity contribution >= 4 is 44.2 Å². The van der Waals surface area contributed by atoms with Crippen molar-refractivity contribution < 1.29 is 17.4 Å². The van der Waals surface area contributed by atoms with Crippen LogP contribution in [0.5, 0.6) is 0 Å². The second-order valence-corrected chi connectivity index (χ2v) is 14.4. The lowest BCUT2D eigenvalue weighted by Crippen LogP contribution is -2.29. The van der Waals surface area contributed by atoms with E-state index >= 15 is 0 Å². The molecule has 1 aliphatic heterocycles. The molecule has 4 aromatic rings. The lowest BCUT2D eigenvalue weighted by Gasteiger charge is -2.29. The van der Waals surface area contributed by atoms with Crippen molar-refractivity contribution in [2.24, 2.45) is 0 Å². The zero-order chi connectivity index (χ0) is 33.8. The minimum atomic E-state index is -4.50. The number of para-hydroxylation sites is 1.